The van der Waals surface area contributed by atoms with Gasteiger partial charge in [0, 0.05) is 55.4 Å². The summed E-state index contributed by atoms with van der Waals surface area (Å²) in [6.07, 6.45) is -10.3. The number of rotatable bonds is 26. The number of carbonyl (C=O) groups is 9. The number of aliphatic hydroxyl groups is 5. The van der Waals surface area contributed by atoms with Crippen molar-refractivity contribution in [3.63, 3.8) is 0 Å². The van der Waals surface area contributed by atoms with Crippen LogP contribution in [0.3, 0.4) is 0 Å². The number of fused-ring (bicyclic) bond motifs is 8. The van der Waals surface area contributed by atoms with Gasteiger partial charge in [0.15, 0.2) is 11.7 Å². The summed E-state index contributed by atoms with van der Waals surface area (Å²) in [7, 11) is 1.48. The molecule has 0 radical (unpaired) electrons. The molecule has 2 aliphatic carbocycles. The van der Waals surface area contributed by atoms with Gasteiger partial charge in [0.25, 0.3) is 11.5 Å². The summed E-state index contributed by atoms with van der Waals surface area (Å²) in [6, 6.07) is 23.8. The number of carbonyl (C=O) groups excluding carboxylic acids is 9. The Balaban J connectivity index is 0.668. The van der Waals surface area contributed by atoms with E-state index in [1.165, 1.54) is 22.6 Å². The van der Waals surface area contributed by atoms with Gasteiger partial charge in [0.1, 0.15) is 55.7 Å². The predicted octanol–water partition coefficient (Wildman–Crippen LogP) is 0.769. The average Bonchev–Trinajstić information content (AvgIpc) is 1.48. The highest BCUT2D eigenvalue weighted by Gasteiger charge is 2.47. The van der Waals surface area contributed by atoms with Crippen molar-refractivity contribution in [1.82, 2.24) is 51.7 Å². The smallest absolute Gasteiger partial charge is 0.411 e. The lowest BCUT2D eigenvalue weighted by Gasteiger charge is -2.40. The maximum absolute atomic E-state index is 15.6. The fourth-order valence-corrected chi connectivity index (χ4v) is 13.7. The summed E-state index contributed by atoms with van der Waals surface area (Å²) in [5, 5.41) is 70.6. The first kappa shape index (κ1) is 73.1. The molecule has 0 bridgehead atoms. The van der Waals surface area contributed by atoms with Crippen molar-refractivity contribution >= 4 is 64.3 Å². The third-order valence-electron chi connectivity index (χ3n) is 19.5. The Labute approximate surface area is 583 Å². The Kier molecular flexibility index (Phi) is 22.0. The SMILES string of the molecule is CC[C@@]1(O)C(=O)OCc2c1cc1n(c2=O)Cc2c-1nc1cc(F)c(C)c3c1c2[C@@H](NC(=O)C(C)(C)COCNC(=O)CNC(=O)[C@H](Cc1ccccc1)NC(=O)CNC(=O)CNC(=O)[C@H](CCC(=O)NC[C@@H]1O[C@H](CO)[C@@H](O)[C@H](O)[C@H]1O)OC(=O)N(C)C1c2ccccc2-c2ccccc21)CC3. The topological polar surface area (TPSA) is 414 Å². The number of aromatic nitrogens is 2. The van der Waals surface area contributed by atoms with E-state index in [1.807, 2.05) is 48.5 Å². The van der Waals surface area contributed by atoms with Gasteiger partial charge in [-0.15, -0.1) is 0 Å². The number of cyclic esters (lactones) is 1. The van der Waals surface area contributed by atoms with E-state index < -0.39 is 170 Å². The molecule has 30 heteroatoms. The van der Waals surface area contributed by atoms with Crippen molar-refractivity contribution in [2.24, 2.45) is 5.41 Å². The molecular formula is C72H81FN10O19. The molecule has 0 unspecified atom stereocenters. The van der Waals surface area contributed by atoms with Gasteiger partial charge < -0.3 is 91.2 Å². The average molecular weight is 1410 g/mol. The normalized spacial score (nSPS) is 20.6. The summed E-state index contributed by atoms with van der Waals surface area (Å²) in [6.45, 7) is 2.55. The Morgan fingerprint density at radius 2 is 1.44 bits per heavy atom. The molecular weight excluding hydrogens is 1330 g/mol. The van der Waals surface area contributed by atoms with E-state index in [4.69, 9.17) is 23.9 Å². The zero-order valence-corrected chi connectivity index (χ0v) is 56.6. The highest BCUT2D eigenvalue weighted by atomic mass is 19.1. The number of hydrogen-bond donors (Lipinski definition) is 12. The quantitative estimate of drug-likeness (QED) is 0.0202. The van der Waals surface area contributed by atoms with Crippen molar-refractivity contribution in [3.05, 3.63) is 157 Å². The summed E-state index contributed by atoms with van der Waals surface area (Å²) in [5.41, 5.74) is 3.82. The first-order valence-electron chi connectivity index (χ1n) is 33.5. The van der Waals surface area contributed by atoms with Crippen LogP contribution in [0.5, 0.6) is 0 Å². The number of aliphatic hydroxyl groups excluding tert-OH is 4. The molecule has 5 heterocycles. The van der Waals surface area contributed by atoms with Crippen LogP contribution in [0.15, 0.2) is 95.8 Å². The van der Waals surface area contributed by atoms with Crippen LogP contribution in [0.2, 0.25) is 0 Å². The monoisotopic (exact) mass is 1410 g/mol. The van der Waals surface area contributed by atoms with Crippen LogP contribution in [0.25, 0.3) is 33.4 Å². The lowest BCUT2D eigenvalue weighted by molar-refractivity contribution is -0.227. The van der Waals surface area contributed by atoms with Gasteiger partial charge in [0.2, 0.25) is 35.4 Å². The van der Waals surface area contributed by atoms with Crippen molar-refractivity contribution in [2.45, 2.75) is 140 Å². The first-order chi connectivity index (χ1) is 48.7. The zero-order chi connectivity index (χ0) is 73.1. The number of benzene rings is 4. The molecule has 6 aromatic rings. The third-order valence-corrected chi connectivity index (χ3v) is 19.5. The van der Waals surface area contributed by atoms with E-state index in [-0.39, 0.29) is 57.0 Å². The van der Waals surface area contributed by atoms with Crippen molar-refractivity contribution < 1.29 is 92.0 Å². The number of ether oxygens (including phenoxy) is 4. The maximum Gasteiger partial charge on any atom is 0.411 e. The Hall–Kier alpha value is -10.1. The van der Waals surface area contributed by atoms with E-state index in [1.54, 1.807) is 64.1 Å². The van der Waals surface area contributed by atoms with Crippen molar-refractivity contribution in [3.8, 4) is 22.5 Å². The third kappa shape index (κ3) is 15.0. The number of hydrogen-bond acceptors (Lipinski definition) is 20. The minimum absolute atomic E-state index is 0.0366. The molecule has 8 amide bonds. The molecule has 102 heavy (non-hydrogen) atoms. The molecule has 0 spiro atoms. The molecule has 540 valence electrons. The molecule has 2 aromatic heterocycles. The number of pyridine rings is 2. The highest BCUT2D eigenvalue weighted by Crippen LogP contribution is 2.48. The van der Waals surface area contributed by atoms with Gasteiger partial charge in [-0.05, 0) is 90.6 Å². The van der Waals surface area contributed by atoms with Crippen LogP contribution in [-0.4, -0.2) is 189 Å². The van der Waals surface area contributed by atoms with Crippen LogP contribution in [0.4, 0.5) is 9.18 Å². The molecule has 4 aromatic carbocycles. The largest absolute Gasteiger partial charge is 0.458 e. The number of esters is 1. The molecule has 11 rings (SSSR count). The maximum atomic E-state index is 15.6. The highest BCUT2D eigenvalue weighted by molar-refractivity contribution is 5.96. The van der Waals surface area contributed by atoms with Gasteiger partial charge in [-0.2, -0.15) is 0 Å². The number of nitrogens with zero attached hydrogens (tertiary/aromatic N) is 3. The Morgan fingerprint density at radius 1 is 0.794 bits per heavy atom. The van der Waals surface area contributed by atoms with Crippen LogP contribution < -0.4 is 42.8 Å². The van der Waals surface area contributed by atoms with Gasteiger partial charge in [-0.1, -0.05) is 85.8 Å². The van der Waals surface area contributed by atoms with Gasteiger partial charge >= 0.3 is 12.1 Å². The first-order valence-corrected chi connectivity index (χ1v) is 33.5. The van der Waals surface area contributed by atoms with Crippen LogP contribution in [0.1, 0.15) is 109 Å². The second kappa shape index (κ2) is 30.6. The van der Waals surface area contributed by atoms with Crippen molar-refractivity contribution in [1.29, 1.82) is 0 Å². The van der Waals surface area contributed by atoms with Gasteiger partial charge in [-0.3, -0.25) is 38.4 Å². The summed E-state index contributed by atoms with van der Waals surface area (Å²) >= 11 is 0. The van der Waals surface area contributed by atoms with E-state index in [0.29, 0.717) is 57.4 Å². The molecule has 5 aliphatic rings. The van der Waals surface area contributed by atoms with Gasteiger partial charge in [0.05, 0.1) is 79.4 Å². The number of halogens is 1. The zero-order valence-electron chi connectivity index (χ0n) is 56.6. The predicted molar refractivity (Wildman–Crippen MR) is 360 cm³/mol. The molecule has 29 nitrogen and oxygen atoms in total. The van der Waals surface area contributed by atoms with Gasteiger partial charge in [-0.25, -0.2) is 19.0 Å². The van der Waals surface area contributed by atoms with Crippen LogP contribution in [-0.2, 0) is 88.9 Å². The second-order valence-electron chi connectivity index (χ2n) is 26.6. The second-order valence-corrected chi connectivity index (χ2v) is 26.6. The van der Waals surface area contributed by atoms with E-state index in [0.717, 1.165) is 27.8 Å². The van der Waals surface area contributed by atoms with Crippen LogP contribution in [0, 0.1) is 18.2 Å². The fourth-order valence-electron chi connectivity index (χ4n) is 13.7. The lowest BCUT2D eigenvalue weighted by atomic mass is 9.81. The summed E-state index contributed by atoms with van der Waals surface area (Å²) in [5.74, 6) is -6.70. The summed E-state index contributed by atoms with van der Waals surface area (Å²) in [4.78, 5) is 142. The Morgan fingerprint density at radius 3 is 2.13 bits per heavy atom. The number of aryl methyl sites for hydroxylation is 1. The standard InChI is InChI=1S/C72H81FN10O19/c1-6-72(98)45-25-50-60-43(31-83(50)67(94)44(45)33-100-69(72)96)59-47(21-20-38-36(2)46(73)26-48(80-60)58(38)59)81-68(95)71(3,4)34-99-35-78-56(87)29-76-65(92)49(24-37-14-8-7-9-15-37)79-57(88)30-75-55(86)28-77-66(93)51(22-23-54(85)74-27-52-62(89)64(91)63(90)53(32-84)101-52)102-70(97)82(5)61-41-18-12-10-16-39(41)40-17-11-13-19-42(40)61/h7-19,25-26,47,49,51-53,61-64,84,89-91,98H,6,20-24,27-35H2,1-5H3,(H,74,85)(H,75,86)(H,76,92)(H,77,93)(H,78,87)(H,79,88)(H,81,95)/t47-,49-,51-,52-,53+,62-,63+,64+,72-/m0/s1. The minimum atomic E-state index is -2.08. The number of nitrogens with one attached hydrogen (secondary N) is 7. The van der Waals surface area contributed by atoms with E-state index in [2.05, 4.69) is 37.2 Å². The van der Waals surface area contributed by atoms with Crippen LogP contribution >= 0.6 is 0 Å². The molecule has 3 aliphatic heterocycles. The molecule has 1 fully saturated rings. The fraction of sp³-hybridized carbons (Fsp3) is 0.431. The summed E-state index contributed by atoms with van der Waals surface area (Å²) < 4.78 is 39.3. The Bertz CT molecular complexity index is 4310. The van der Waals surface area contributed by atoms with E-state index >= 15 is 4.39 Å². The lowest BCUT2D eigenvalue weighted by Crippen LogP contribution is -2.60. The number of amides is 8. The molecule has 12 N–H and O–H groups in total. The minimum Gasteiger partial charge on any atom is -0.458 e. The van der Waals surface area contributed by atoms with Crippen molar-refractivity contribution in [2.75, 3.05) is 53.2 Å². The van der Waals surface area contributed by atoms with E-state index in [9.17, 15) is 73.5 Å². The molecule has 9 atom stereocenters. The molecule has 1 saturated heterocycles. The molecule has 0 saturated carbocycles.